The van der Waals surface area contributed by atoms with Crippen LogP contribution < -0.4 is 5.43 Å². The third-order valence-corrected chi connectivity index (χ3v) is 5.32. The molecule has 1 saturated heterocycles. The van der Waals surface area contributed by atoms with E-state index in [1.165, 1.54) is 31.2 Å². The van der Waals surface area contributed by atoms with Crippen molar-refractivity contribution in [3.63, 3.8) is 0 Å². The molecule has 0 amide bonds. The number of nitrogens with one attached hydrogen (secondary N) is 1. The van der Waals surface area contributed by atoms with Gasteiger partial charge in [-0.25, -0.2) is 0 Å². The lowest BCUT2D eigenvalue weighted by Crippen LogP contribution is -2.35. The summed E-state index contributed by atoms with van der Waals surface area (Å²) in [5, 5.41) is 0.856. The summed E-state index contributed by atoms with van der Waals surface area (Å²) < 4.78 is 0. The Labute approximate surface area is 145 Å². The Hall–Kier alpha value is -1.61. The molecule has 24 heavy (non-hydrogen) atoms. The van der Waals surface area contributed by atoms with Crippen LogP contribution in [0.5, 0.6) is 0 Å². The molecular formula is C21H30N2O. The van der Waals surface area contributed by atoms with Crippen LogP contribution in [0.4, 0.5) is 0 Å². The van der Waals surface area contributed by atoms with Crippen LogP contribution in [0.25, 0.3) is 10.9 Å². The number of hydrogen-bond acceptors (Lipinski definition) is 2. The van der Waals surface area contributed by atoms with E-state index >= 15 is 0 Å². The first-order valence-corrected chi connectivity index (χ1v) is 9.45. The Kier molecular flexibility index (Phi) is 5.40. The second-order valence-corrected chi connectivity index (χ2v) is 7.52. The fraction of sp³-hybridized carbons (Fsp3) is 0.571. The van der Waals surface area contributed by atoms with Crippen molar-refractivity contribution in [3.05, 3.63) is 45.2 Å². The molecule has 2 heterocycles. The highest BCUT2D eigenvalue weighted by Gasteiger charge is 2.19. The maximum atomic E-state index is 13.1. The highest BCUT2D eigenvalue weighted by atomic mass is 16.1. The van der Waals surface area contributed by atoms with Crippen molar-refractivity contribution in [1.29, 1.82) is 0 Å². The number of likely N-dealkylation sites (tertiary alicyclic amines) is 1. The molecule has 0 radical (unpaired) electrons. The molecule has 1 fully saturated rings. The summed E-state index contributed by atoms with van der Waals surface area (Å²) in [6, 6.07) is 6.33. The summed E-state index contributed by atoms with van der Waals surface area (Å²) in [4.78, 5) is 19.0. The molecule has 130 valence electrons. The van der Waals surface area contributed by atoms with Crippen molar-refractivity contribution in [2.45, 2.75) is 59.4 Å². The molecule has 3 heteroatoms. The molecule has 0 bridgehead atoms. The van der Waals surface area contributed by atoms with Crippen molar-refractivity contribution < 1.29 is 0 Å². The minimum atomic E-state index is 0.220. The number of piperidine rings is 1. The molecule has 1 aromatic heterocycles. The Morgan fingerprint density at radius 3 is 2.92 bits per heavy atom. The van der Waals surface area contributed by atoms with Gasteiger partial charge >= 0.3 is 0 Å². The molecule has 3 nitrogen and oxygen atoms in total. The first kappa shape index (κ1) is 17.2. The molecule has 0 unspecified atom stereocenters. The predicted molar refractivity (Wildman–Crippen MR) is 102 cm³/mol. The molecule has 0 saturated carbocycles. The smallest absolute Gasteiger partial charge is 0.194 e. The van der Waals surface area contributed by atoms with Crippen molar-refractivity contribution in [3.8, 4) is 0 Å². The summed E-state index contributed by atoms with van der Waals surface area (Å²) in [5.41, 5.74) is 4.43. The number of unbranched alkanes of at least 4 members (excludes halogenated alkanes) is 1. The third-order valence-electron chi connectivity index (χ3n) is 5.32. The minimum absolute atomic E-state index is 0.220. The molecule has 0 spiro atoms. The normalized spacial score (nSPS) is 19.0. The van der Waals surface area contributed by atoms with Gasteiger partial charge in [0.2, 0.25) is 0 Å². The Balaban J connectivity index is 1.93. The standard InChI is InChI=1S/C21H30N2O/c1-4-5-8-17-9-10-20-18(12-17)21(24)19(16(3)22-20)14-23-11-6-7-15(2)13-23/h9-10,12,15H,4-8,11,13-14H2,1-3H3,(H,22,24)/t15-/m1/s1. The summed E-state index contributed by atoms with van der Waals surface area (Å²) in [6.45, 7) is 9.54. The van der Waals surface area contributed by atoms with E-state index in [0.29, 0.717) is 0 Å². The zero-order valence-corrected chi connectivity index (χ0v) is 15.3. The summed E-state index contributed by atoms with van der Waals surface area (Å²) in [5.74, 6) is 0.735. The zero-order valence-electron chi connectivity index (χ0n) is 15.3. The van der Waals surface area contributed by atoms with Gasteiger partial charge in [0.15, 0.2) is 5.43 Å². The van der Waals surface area contributed by atoms with Gasteiger partial charge in [0, 0.05) is 35.2 Å². The molecule has 3 rings (SSSR count). The Morgan fingerprint density at radius 2 is 2.17 bits per heavy atom. The van der Waals surface area contributed by atoms with Gasteiger partial charge in [0.1, 0.15) is 0 Å². The number of rotatable bonds is 5. The number of nitrogens with zero attached hydrogens (tertiary/aromatic N) is 1. The molecule has 1 aliphatic heterocycles. The van der Waals surface area contributed by atoms with E-state index in [1.807, 2.05) is 6.92 Å². The van der Waals surface area contributed by atoms with Gasteiger partial charge in [-0.15, -0.1) is 0 Å². The maximum absolute atomic E-state index is 13.1. The molecule has 1 aliphatic rings. The number of pyridine rings is 1. The first-order valence-electron chi connectivity index (χ1n) is 9.45. The average molecular weight is 326 g/mol. The molecule has 1 aromatic carbocycles. The first-order chi connectivity index (χ1) is 11.6. The van der Waals surface area contributed by atoms with Crippen LogP contribution in [0.15, 0.2) is 23.0 Å². The van der Waals surface area contributed by atoms with Crippen molar-refractivity contribution in [1.82, 2.24) is 9.88 Å². The second kappa shape index (κ2) is 7.52. The number of fused-ring (bicyclic) bond motifs is 1. The number of hydrogen-bond donors (Lipinski definition) is 1. The minimum Gasteiger partial charge on any atom is -0.358 e. The van der Waals surface area contributed by atoms with E-state index in [9.17, 15) is 4.79 Å². The molecule has 1 atom stereocenters. The number of H-pyrrole nitrogens is 1. The van der Waals surface area contributed by atoms with Gasteiger partial charge in [0.05, 0.1) is 0 Å². The van der Waals surface area contributed by atoms with Crippen LogP contribution in [-0.4, -0.2) is 23.0 Å². The van der Waals surface area contributed by atoms with Crippen LogP contribution in [0.3, 0.4) is 0 Å². The van der Waals surface area contributed by atoms with Crippen molar-refractivity contribution >= 4 is 10.9 Å². The van der Waals surface area contributed by atoms with Crippen LogP contribution in [0, 0.1) is 12.8 Å². The van der Waals surface area contributed by atoms with E-state index < -0.39 is 0 Å². The van der Waals surface area contributed by atoms with E-state index in [0.717, 1.165) is 54.1 Å². The topological polar surface area (TPSA) is 36.1 Å². The predicted octanol–water partition coefficient (Wildman–Crippen LogP) is 4.41. The molecule has 2 aromatic rings. The molecule has 0 aliphatic carbocycles. The number of aromatic amines is 1. The van der Waals surface area contributed by atoms with Gasteiger partial charge in [0.25, 0.3) is 0 Å². The van der Waals surface area contributed by atoms with E-state index in [1.54, 1.807) is 0 Å². The van der Waals surface area contributed by atoms with Crippen LogP contribution in [0.1, 0.15) is 56.4 Å². The van der Waals surface area contributed by atoms with E-state index in [4.69, 9.17) is 0 Å². The largest absolute Gasteiger partial charge is 0.358 e. The lowest BCUT2D eigenvalue weighted by molar-refractivity contribution is 0.176. The van der Waals surface area contributed by atoms with E-state index in [2.05, 4.69) is 41.9 Å². The van der Waals surface area contributed by atoms with Crippen molar-refractivity contribution in [2.24, 2.45) is 5.92 Å². The maximum Gasteiger partial charge on any atom is 0.194 e. The monoisotopic (exact) mass is 326 g/mol. The van der Waals surface area contributed by atoms with Gasteiger partial charge in [-0.05, 0) is 62.8 Å². The fourth-order valence-corrected chi connectivity index (χ4v) is 3.88. The molecular weight excluding hydrogens is 296 g/mol. The third kappa shape index (κ3) is 3.72. The van der Waals surface area contributed by atoms with E-state index in [-0.39, 0.29) is 5.43 Å². The Morgan fingerprint density at radius 1 is 1.33 bits per heavy atom. The quantitative estimate of drug-likeness (QED) is 0.883. The highest BCUT2D eigenvalue weighted by Crippen LogP contribution is 2.20. The van der Waals surface area contributed by atoms with Crippen LogP contribution >= 0.6 is 0 Å². The van der Waals surface area contributed by atoms with Gasteiger partial charge in [-0.2, -0.15) is 0 Å². The molecule has 1 N–H and O–H groups in total. The SMILES string of the molecule is CCCCc1ccc2[nH]c(C)c(CN3CCC[C@@H](C)C3)c(=O)c2c1. The average Bonchev–Trinajstić information content (AvgIpc) is 2.57. The number of aromatic nitrogens is 1. The number of benzene rings is 1. The summed E-state index contributed by atoms with van der Waals surface area (Å²) in [6.07, 6.45) is 5.96. The summed E-state index contributed by atoms with van der Waals surface area (Å²) in [7, 11) is 0. The second-order valence-electron chi connectivity index (χ2n) is 7.52. The van der Waals surface area contributed by atoms with Crippen LogP contribution in [-0.2, 0) is 13.0 Å². The van der Waals surface area contributed by atoms with Gasteiger partial charge in [-0.1, -0.05) is 26.3 Å². The summed E-state index contributed by atoms with van der Waals surface area (Å²) >= 11 is 0. The fourth-order valence-electron chi connectivity index (χ4n) is 3.88. The van der Waals surface area contributed by atoms with Gasteiger partial charge in [-0.3, -0.25) is 9.69 Å². The lowest BCUT2D eigenvalue weighted by atomic mass is 9.99. The Bertz CT molecular complexity index is 762. The van der Waals surface area contributed by atoms with Gasteiger partial charge < -0.3 is 4.98 Å². The zero-order chi connectivity index (χ0) is 17.1. The van der Waals surface area contributed by atoms with Crippen molar-refractivity contribution in [2.75, 3.05) is 13.1 Å². The number of aryl methyl sites for hydroxylation is 2. The lowest BCUT2D eigenvalue weighted by Gasteiger charge is -2.31. The highest BCUT2D eigenvalue weighted by molar-refractivity contribution is 5.80. The van der Waals surface area contributed by atoms with Crippen LogP contribution in [0.2, 0.25) is 0 Å².